The minimum atomic E-state index is -2.43. The molecule has 1 heterocycles. The molecule has 0 aromatic carbocycles. The molecule has 0 aromatic rings. The summed E-state index contributed by atoms with van der Waals surface area (Å²) in [5.41, 5.74) is -0.383. The van der Waals surface area contributed by atoms with Crippen molar-refractivity contribution in [3.63, 3.8) is 0 Å². The Morgan fingerprint density at radius 2 is 1.43 bits per heavy atom. The number of piperidine rings is 1. The first kappa shape index (κ1) is 26.3. The van der Waals surface area contributed by atoms with Gasteiger partial charge in [-0.05, 0) is 0 Å². The molecule has 0 saturated carbocycles. The Bertz CT molecular complexity index is 438. The van der Waals surface area contributed by atoms with E-state index >= 15 is 0 Å². The zero-order valence-corrected chi connectivity index (χ0v) is 23.1. The van der Waals surface area contributed by atoms with Gasteiger partial charge in [-0.15, -0.1) is 0 Å². The Hall–Kier alpha value is 0.229. The van der Waals surface area contributed by atoms with Gasteiger partial charge in [0.2, 0.25) is 0 Å². The van der Waals surface area contributed by atoms with Gasteiger partial charge in [-0.2, -0.15) is 0 Å². The fourth-order valence-corrected chi connectivity index (χ4v) is 24.6. The molecule has 0 radical (unpaired) electrons. The van der Waals surface area contributed by atoms with E-state index in [1.54, 1.807) is 0 Å². The first-order valence-corrected chi connectivity index (χ1v) is 19.7. The van der Waals surface area contributed by atoms with Crippen LogP contribution >= 0.6 is 0 Å². The molecule has 166 valence electrons. The molecule has 1 rings (SSSR count). The van der Waals surface area contributed by atoms with E-state index in [0.717, 1.165) is 12.8 Å². The third kappa shape index (κ3) is 7.81. The van der Waals surface area contributed by atoms with E-state index in [2.05, 4.69) is 39.6 Å². The van der Waals surface area contributed by atoms with Crippen LogP contribution in [-0.2, 0) is 9.53 Å². The second-order valence-electron chi connectivity index (χ2n) is 10.4. The number of ether oxygens (including phenoxy) is 1. The molecule has 3 atom stereocenters. The quantitative estimate of drug-likeness (QED) is 0.230. The average Bonchev–Trinajstić information content (AvgIpc) is 2.62. The van der Waals surface area contributed by atoms with Gasteiger partial charge in [-0.1, -0.05) is 0 Å². The van der Waals surface area contributed by atoms with E-state index in [-0.39, 0.29) is 17.5 Å². The first-order valence-electron chi connectivity index (χ1n) is 12.0. The zero-order chi connectivity index (χ0) is 21.4. The number of unbranched alkanes of at least 4 members (excludes halogenated alkanes) is 3. The van der Waals surface area contributed by atoms with Gasteiger partial charge in [-0.3, -0.25) is 0 Å². The molecule has 1 aliphatic rings. The molecule has 0 amide bonds. The van der Waals surface area contributed by atoms with Crippen molar-refractivity contribution < 1.29 is 9.53 Å². The Labute approximate surface area is 180 Å². The van der Waals surface area contributed by atoms with Gasteiger partial charge in [0.1, 0.15) is 0 Å². The topological polar surface area (TPSA) is 29.5 Å². The Kier molecular flexibility index (Phi) is 11.4. The van der Waals surface area contributed by atoms with Crippen molar-refractivity contribution in [3.8, 4) is 0 Å². The minimum absolute atomic E-state index is 0.0547. The average molecular weight is 502 g/mol. The van der Waals surface area contributed by atoms with E-state index in [1.165, 1.54) is 51.8 Å². The molecule has 0 aliphatic carbocycles. The van der Waals surface area contributed by atoms with Crippen molar-refractivity contribution in [1.29, 1.82) is 0 Å². The molecule has 0 spiro atoms. The predicted octanol–water partition coefficient (Wildman–Crippen LogP) is 6.82. The van der Waals surface area contributed by atoms with Gasteiger partial charge in [-0.25, -0.2) is 0 Å². The fourth-order valence-electron chi connectivity index (χ4n) is 5.14. The maximum atomic E-state index is 13.0. The molecular formula is C24H49NO2Sn. The number of nitrogens with zero attached hydrogens (tertiary/aromatic N) is 1. The summed E-state index contributed by atoms with van der Waals surface area (Å²) in [6.07, 6.45) is 10.1. The van der Waals surface area contributed by atoms with Crippen LogP contribution in [0, 0.1) is 5.92 Å². The van der Waals surface area contributed by atoms with Crippen LogP contribution in [0.1, 0.15) is 99.8 Å². The number of likely N-dealkylation sites (tertiary alicyclic amines) is 1. The first-order chi connectivity index (χ1) is 13.1. The van der Waals surface area contributed by atoms with Crippen LogP contribution in [0.15, 0.2) is 0 Å². The predicted molar refractivity (Wildman–Crippen MR) is 124 cm³/mol. The van der Waals surface area contributed by atoms with Crippen molar-refractivity contribution >= 4 is 24.3 Å². The van der Waals surface area contributed by atoms with Crippen LogP contribution in [0.2, 0.25) is 13.3 Å². The monoisotopic (exact) mass is 503 g/mol. The van der Waals surface area contributed by atoms with E-state index in [4.69, 9.17) is 4.74 Å². The normalized spacial score (nSPS) is 24.4. The molecule has 0 N–H and O–H groups in total. The van der Waals surface area contributed by atoms with Crippen molar-refractivity contribution in [1.82, 2.24) is 4.90 Å². The molecule has 1 unspecified atom stereocenters. The van der Waals surface area contributed by atoms with Gasteiger partial charge in [0, 0.05) is 0 Å². The van der Waals surface area contributed by atoms with Gasteiger partial charge in [0.15, 0.2) is 0 Å². The number of carbonyl (C=O) groups excluding carboxylic acids is 1. The number of carbonyl (C=O) groups is 1. The summed E-state index contributed by atoms with van der Waals surface area (Å²) in [4.78, 5) is 15.7. The van der Waals surface area contributed by atoms with Gasteiger partial charge >= 0.3 is 181 Å². The Morgan fingerprint density at radius 3 is 1.82 bits per heavy atom. The standard InChI is InChI=1S/C12H22NO2.3C4H9.Sn/c1-9-8-10(6-7-13(9)5)11(14)15-12(2,3)4;3*1-3-4-2;/h7,9-10H,6,8H2,1-5H3;3*1,3-4H2,2H3;/t9-,10+;;;;/m1..../s1. The number of esters is 1. The molecule has 4 heteroatoms. The van der Waals surface area contributed by atoms with Crippen LogP contribution < -0.4 is 0 Å². The molecule has 1 fully saturated rings. The number of hydrogen-bond donors (Lipinski definition) is 0. The molecule has 1 aliphatic heterocycles. The molecular weight excluding hydrogens is 453 g/mol. The summed E-state index contributed by atoms with van der Waals surface area (Å²) in [5, 5.41) is 0. The van der Waals surface area contributed by atoms with E-state index < -0.39 is 18.4 Å². The van der Waals surface area contributed by atoms with Crippen molar-refractivity contribution in [2.75, 3.05) is 7.05 Å². The summed E-state index contributed by atoms with van der Waals surface area (Å²) in [6, 6.07) is 0.484. The van der Waals surface area contributed by atoms with Crippen LogP contribution in [0.4, 0.5) is 0 Å². The summed E-state index contributed by atoms with van der Waals surface area (Å²) in [5.74, 6) is 0.149. The van der Waals surface area contributed by atoms with Crippen LogP contribution in [0.5, 0.6) is 0 Å². The molecule has 0 bridgehead atoms. The molecule has 0 aromatic heterocycles. The maximum absolute atomic E-state index is 13.0. The van der Waals surface area contributed by atoms with E-state index in [9.17, 15) is 4.79 Å². The third-order valence-electron chi connectivity index (χ3n) is 6.85. The SMILES string of the molecule is CCC[CH2][Sn]([CH2]CCC)([CH2]CCC)[CH]1C[C@H](C(=O)OC(C)(C)C)C[C@@H](C)N1C. The van der Waals surface area contributed by atoms with Gasteiger partial charge in [0.05, 0.1) is 0 Å². The van der Waals surface area contributed by atoms with E-state index in [1.807, 2.05) is 20.8 Å². The fraction of sp³-hybridized carbons (Fsp3) is 0.958. The zero-order valence-electron chi connectivity index (χ0n) is 20.3. The van der Waals surface area contributed by atoms with Gasteiger partial charge < -0.3 is 0 Å². The number of hydrogen-bond acceptors (Lipinski definition) is 3. The third-order valence-corrected chi connectivity index (χ3v) is 24.3. The summed E-state index contributed by atoms with van der Waals surface area (Å²) in [6.45, 7) is 15.3. The summed E-state index contributed by atoms with van der Waals surface area (Å²) in [7, 11) is 2.36. The van der Waals surface area contributed by atoms with Crippen molar-refractivity contribution in [2.24, 2.45) is 5.92 Å². The second kappa shape index (κ2) is 12.2. The van der Waals surface area contributed by atoms with Crippen LogP contribution in [0.25, 0.3) is 0 Å². The Balaban J connectivity index is 3.15. The van der Waals surface area contributed by atoms with Gasteiger partial charge in [0.25, 0.3) is 0 Å². The van der Waals surface area contributed by atoms with Crippen LogP contribution in [-0.4, -0.2) is 52.0 Å². The molecule has 3 nitrogen and oxygen atoms in total. The second-order valence-corrected chi connectivity index (χ2v) is 24.4. The van der Waals surface area contributed by atoms with Crippen LogP contribution in [0.3, 0.4) is 0 Å². The molecule has 28 heavy (non-hydrogen) atoms. The van der Waals surface area contributed by atoms with E-state index in [0.29, 0.717) is 10.1 Å². The number of rotatable bonds is 11. The van der Waals surface area contributed by atoms with Crippen molar-refractivity contribution in [2.45, 2.75) is 129 Å². The van der Waals surface area contributed by atoms with Crippen molar-refractivity contribution in [3.05, 3.63) is 0 Å². The summed E-state index contributed by atoms with van der Waals surface area (Å²) >= 11 is -2.43. The summed E-state index contributed by atoms with van der Waals surface area (Å²) < 4.78 is 11.0. The Morgan fingerprint density at radius 1 is 0.964 bits per heavy atom. The molecule has 1 saturated heterocycles.